The van der Waals surface area contributed by atoms with Crippen molar-refractivity contribution in [3.05, 3.63) is 29.7 Å². The summed E-state index contributed by atoms with van der Waals surface area (Å²) >= 11 is 5.24. The fourth-order valence-corrected chi connectivity index (χ4v) is 1.16. The van der Waals surface area contributed by atoms with Crippen LogP contribution in [0.1, 0.15) is 33.1 Å². The van der Waals surface area contributed by atoms with Crippen molar-refractivity contribution in [1.82, 2.24) is 0 Å². The van der Waals surface area contributed by atoms with E-state index in [4.69, 9.17) is 0 Å². The van der Waals surface area contributed by atoms with Gasteiger partial charge in [-0.3, -0.25) is 0 Å². The van der Waals surface area contributed by atoms with Gasteiger partial charge in [0, 0.05) is 5.92 Å². The summed E-state index contributed by atoms with van der Waals surface area (Å²) in [7, 11) is 0. The predicted octanol–water partition coefficient (Wildman–Crippen LogP) is 5.04. The Morgan fingerprint density at radius 3 is 2.31 bits per heavy atom. The molecule has 0 aliphatic heterocycles. The predicted molar refractivity (Wildman–Crippen MR) is 73.7 cm³/mol. The summed E-state index contributed by atoms with van der Waals surface area (Å²) in [5, 5.41) is 0. The van der Waals surface area contributed by atoms with Crippen LogP contribution in [0.4, 0.5) is 0 Å². The van der Waals surface area contributed by atoms with E-state index in [-0.39, 0.29) is 0 Å². The number of hydrogen-bond donors (Lipinski definition) is 0. The Morgan fingerprint density at radius 1 is 1.31 bits per heavy atom. The number of halogens is 2. The Kier molecular flexibility index (Phi) is 11.5. The number of unbranched alkanes of at least 4 members (excludes halogenated alkanes) is 1. The molecule has 0 aromatic carbocycles. The van der Waals surface area contributed by atoms with Crippen molar-refractivity contribution < 1.29 is 11.7 Å². The summed E-state index contributed by atoms with van der Waals surface area (Å²) < 4.78 is 0. The summed E-state index contributed by atoms with van der Waals surface area (Å²) in [6.45, 7) is 4.38. The minimum absolute atomic E-state index is 0.440. The van der Waals surface area contributed by atoms with Gasteiger partial charge in [-0.1, -0.05) is 44.1 Å². The van der Waals surface area contributed by atoms with E-state index in [1.54, 1.807) is 0 Å². The van der Waals surface area contributed by atoms with Crippen molar-refractivity contribution in [2.75, 3.05) is 0 Å². The Balaban J connectivity index is 0.000000424. The van der Waals surface area contributed by atoms with Crippen molar-refractivity contribution in [3.63, 3.8) is 0 Å². The number of rotatable bonds is 3. The SMILES string of the molecule is CCCCC1=C[C](C)C=C1.[I][Ti][I]. The van der Waals surface area contributed by atoms with Crippen LogP contribution >= 0.6 is 38.4 Å². The third kappa shape index (κ3) is 8.64. The molecule has 0 heterocycles. The molecule has 73 valence electrons. The first kappa shape index (κ1) is 14.7. The van der Waals surface area contributed by atoms with E-state index < -0.39 is 0 Å². The molecule has 0 spiro atoms. The van der Waals surface area contributed by atoms with Gasteiger partial charge in [0.2, 0.25) is 0 Å². The third-order valence-corrected chi connectivity index (χ3v) is 1.79. The Hall–Kier alpha value is 1.65. The van der Waals surface area contributed by atoms with Crippen molar-refractivity contribution in [2.24, 2.45) is 0 Å². The van der Waals surface area contributed by atoms with Gasteiger partial charge in [-0.25, -0.2) is 0 Å². The zero-order valence-electron chi connectivity index (χ0n) is 8.11. The first-order valence-electron chi connectivity index (χ1n) is 4.43. The molecule has 0 saturated heterocycles. The Morgan fingerprint density at radius 2 is 1.92 bits per heavy atom. The van der Waals surface area contributed by atoms with E-state index in [2.05, 4.69) is 70.5 Å². The van der Waals surface area contributed by atoms with Gasteiger partial charge < -0.3 is 0 Å². The molecule has 0 N–H and O–H groups in total. The zero-order chi connectivity index (χ0) is 10.1. The van der Waals surface area contributed by atoms with E-state index >= 15 is 0 Å². The molecule has 1 aliphatic rings. The summed E-state index contributed by atoms with van der Waals surface area (Å²) in [6.07, 6.45) is 10.6. The maximum absolute atomic E-state index is 2.40. The van der Waals surface area contributed by atoms with Crippen LogP contribution in [0.25, 0.3) is 0 Å². The molecule has 0 fully saturated rings. The van der Waals surface area contributed by atoms with E-state index in [9.17, 15) is 0 Å². The van der Waals surface area contributed by atoms with Crippen molar-refractivity contribution in [1.29, 1.82) is 0 Å². The molecule has 13 heavy (non-hydrogen) atoms. The van der Waals surface area contributed by atoms with Gasteiger partial charge in [-0.15, -0.1) is 0 Å². The molecular weight excluding hydrogens is 422 g/mol. The van der Waals surface area contributed by atoms with Crippen LogP contribution < -0.4 is 0 Å². The second-order valence-corrected chi connectivity index (χ2v) is 16.2. The molecule has 1 rings (SSSR count). The summed E-state index contributed by atoms with van der Waals surface area (Å²) in [4.78, 5) is 0. The first-order chi connectivity index (χ1) is 6.24. The normalized spacial score (nSPS) is 14.9. The zero-order valence-corrected chi connectivity index (χ0v) is 14.0. The number of hydrogen-bond acceptors (Lipinski definition) is 0. The van der Waals surface area contributed by atoms with Gasteiger partial charge in [0.05, 0.1) is 0 Å². The van der Waals surface area contributed by atoms with E-state index in [0.717, 1.165) is 0 Å². The van der Waals surface area contributed by atoms with Gasteiger partial charge in [0.1, 0.15) is 0 Å². The van der Waals surface area contributed by atoms with Gasteiger partial charge in [0.15, 0.2) is 0 Å². The summed E-state index contributed by atoms with van der Waals surface area (Å²) in [6, 6.07) is 0. The standard InChI is InChI=1S/C10H15.2HI.Ti/c1-3-4-5-10-7-6-9(2)8-10;;;/h6-8H,3-5H2,1-2H3;2*1H;/q;;;+2/p-2. The van der Waals surface area contributed by atoms with Crippen molar-refractivity contribution in [3.8, 4) is 0 Å². The molecule has 0 unspecified atom stereocenters. The average Bonchev–Trinajstić information content (AvgIpc) is 2.49. The summed E-state index contributed by atoms with van der Waals surface area (Å²) in [5.74, 6) is 1.39. The van der Waals surface area contributed by atoms with Gasteiger partial charge >= 0.3 is 50.0 Å². The molecule has 0 nitrogen and oxygen atoms in total. The Labute approximate surface area is 111 Å². The topological polar surface area (TPSA) is 0 Å². The molecule has 1 radical (unpaired) electrons. The number of allylic oxidation sites excluding steroid dienone is 4. The van der Waals surface area contributed by atoms with Crippen molar-refractivity contribution in [2.45, 2.75) is 33.1 Å². The monoisotopic (exact) mass is 437 g/mol. The second kappa shape index (κ2) is 10.2. The van der Waals surface area contributed by atoms with E-state index in [0.29, 0.717) is 11.7 Å². The van der Waals surface area contributed by atoms with Crippen LogP contribution in [0.3, 0.4) is 0 Å². The molecular formula is C10H15I2Ti. The fourth-order valence-electron chi connectivity index (χ4n) is 1.16. The van der Waals surface area contributed by atoms with Crippen LogP contribution in [0.2, 0.25) is 0 Å². The molecule has 0 aromatic rings. The van der Waals surface area contributed by atoms with Gasteiger partial charge in [-0.05, 0) is 12.8 Å². The fraction of sp³-hybridized carbons (Fsp3) is 0.500. The first-order valence-corrected chi connectivity index (χ1v) is 14.5. The Bertz CT molecular complexity index is 176. The maximum atomic E-state index is 2.40. The molecule has 3 heteroatoms. The van der Waals surface area contributed by atoms with Crippen LogP contribution in [0.5, 0.6) is 0 Å². The van der Waals surface area contributed by atoms with Crippen LogP contribution in [0.15, 0.2) is 23.8 Å². The molecule has 0 saturated carbocycles. The molecule has 0 bridgehead atoms. The van der Waals surface area contributed by atoms with Crippen LogP contribution in [-0.4, -0.2) is 0 Å². The van der Waals surface area contributed by atoms with E-state index in [1.807, 2.05) is 0 Å². The van der Waals surface area contributed by atoms with Crippen LogP contribution in [-0.2, 0) is 11.7 Å². The molecule has 0 atom stereocenters. The second-order valence-electron chi connectivity index (χ2n) is 2.97. The van der Waals surface area contributed by atoms with Crippen molar-refractivity contribution >= 4 is 38.4 Å². The third-order valence-electron chi connectivity index (χ3n) is 1.79. The summed E-state index contributed by atoms with van der Waals surface area (Å²) in [5.41, 5.74) is 1.50. The molecule has 0 amide bonds. The molecule has 1 aliphatic carbocycles. The quantitative estimate of drug-likeness (QED) is 0.429. The van der Waals surface area contributed by atoms with Gasteiger partial charge in [0.25, 0.3) is 0 Å². The van der Waals surface area contributed by atoms with E-state index in [1.165, 1.54) is 30.8 Å². The van der Waals surface area contributed by atoms with Gasteiger partial charge in [-0.2, -0.15) is 0 Å². The molecule has 0 aromatic heterocycles. The minimum atomic E-state index is 0.440. The van der Waals surface area contributed by atoms with Crippen LogP contribution in [0, 0.1) is 5.92 Å². The average molecular weight is 437 g/mol.